The molecule has 0 spiro atoms. The number of benzene rings is 2. The Kier molecular flexibility index (Phi) is 6.71. The zero-order chi connectivity index (χ0) is 18.9. The van der Waals surface area contributed by atoms with Crippen LogP contribution in [0.2, 0.25) is 5.02 Å². The number of carbonyl (C=O) groups is 1. The summed E-state index contributed by atoms with van der Waals surface area (Å²) in [4.78, 5) is 22.3. The summed E-state index contributed by atoms with van der Waals surface area (Å²) in [5.41, 5.74) is 3.32. The van der Waals surface area contributed by atoms with Crippen LogP contribution in [0.3, 0.4) is 0 Å². The summed E-state index contributed by atoms with van der Waals surface area (Å²) in [5, 5.41) is 15.3. The van der Waals surface area contributed by atoms with Crippen LogP contribution in [0.4, 0.5) is 5.69 Å². The van der Waals surface area contributed by atoms with Crippen molar-refractivity contribution in [3.63, 3.8) is 0 Å². The number of halogens is 1. The fourth-order valence-electron chi connectivity index (χ4n) is 2.00. The van der Waals surface area contributed by atoms with Gasteiger partial charge in [0.05, 0.1) is 17.6 Å². The van der Waals surface area contributed by atoms with Gasteiger partial charge in [0.15, 0.2) is 0 Å². The molecule has 0 aliphatic rings. The number of terminal acetylenes is 1. The Morgan fingerprint density at radius 3 is 2.73 bits per heavy atom. The lowest BCUT2D eigenvalue weighted by Crippen LogP contribution is -2.19. The first-order valence-corrected chi connectivity index (χ1v) is 7.78. The topological polar surface area (TPSA) is 93.8 Å². The molecule has 2 aromatic carbocycles. The van der Waals surface area contributed by atoms with E-state index in [9.17, 15) is 14.9 Å². The number of amides is 1. The van der Waals surface area contributed by atoms with Gasteiger partial charge in [-0.1, -0.05) is 29.7 Å². The van der Waals surface area contributed by atoms with Crippen LogP contribution in [0.15, 0.2) is 47.6 Å². The number of nitro groups is 1. The van der Waals surface area contributed by atoms with Crippen molar-refractivity contribution in [1.29, 1.82) is 0 Å². The highest BCUT2D eigenvalue weighted by Gasteiger charge is 2.10. The average molecular weight is 372 g/mol. The molecule has 0 radical (unpaired) electrons. The van der Waals surface area contributed by atoms with Gasteiger partial charge in [-0.15, -0.1) is 6.42 Å². The number of nitrogens with one attached hydrogen (secondary N) is 1. The van der Waals surface area contributed by atoms with E-state index in [0.717, 1.165) is 5.56 Å². The fraction of sp³-hybridized carbons (Fsp3) is 0.111. The molecule has 2 rings (SSSR count). The fourth-order valence-corrected chi connectivity index (χ4v) is 2.13. The first-order chi connectivity index (χ1) is 12.5. The third-order valence-electron chi connectivity index (χ3n) is 3.19. The van der Waals surface area contributed by atoms with E-state index in [4.69, 9.17) is 22.8 Å². The van der Waals surface area contributed by atoms with E-state index in [0.29, 0.717) is 16.3 Å². The predicted octanol–water partition coefficient (Wildman–Crippen LogP) is 2.95. The molecule has 0 fully saturated rings. The highest BCUT2D eigenvalue weighted by Crippen LogP contribution is 2.22. The Hall–Kier alpha value is -3.37. The van der Waals surface area contributed by atoms with E-state index in [1.54, 1.807) is 24.3 Å². The van der Waals surface area contributed by atoms with Gasteiger partial charge in [-0.3, -0.25) is 14.9 Å². The molecule has 1 amide bonds. The zero-order valence-electron chi connectivity index (χ0n) is 13.5. The maximum absolute atomic E-state index is 11.9. The summed E-state index contributed by atoms with van der Waals surface area (Å²) < 4.78 is 5.31. The van der Waals surface area contributed by atoms with Crippen LogP contribution in [-0.2, 0) is 11.2 Å². The highest BCUT2D eigenvalue weighted by atomic mass is 35.5. The molecule has 0 aromatic heterocycles. The van der Waals surface area contributed by atoms with Crippen molar-refractivity contribution >= 4 is 29.4 Å². The van der Waals surface area contributed by atoms with Crippen molar-refractivity contribution in [3.8, 4) is 18.1 Å². The molecule has 0 atom stereocenters. The standard InChI is InChI=1S/C18H14ClN3O4/c1-2-9-26-17-8-7-16(22(24)25)11-14(17)12-20-21-18(23)10-13-3-5-15(19)6-4-13/h1,3-8,11-12H,9-10H2,(H,21,23)/b20-12-. The quantitative estimate of drug-likeness (QED) is 0.350. The van der Waals surface area contributed by atoms with Crippen LogP contribution >= 0.6 is 11.6 Å². The molecular weight excluding hydrogens is 358 g/mol. The molecule has 2 aromatic rings. The Morgan fingerprint density at radius 2 is 2.08 bits per heavy atom. The lowest BCUT2D eigenvalue weighted by molar-refractivity contribution is -0.384. The number of nitro benzene ring substituents is 1. The second-order valence-electron chi connectivity index (χ2n) is 5.07. The predicted molar refractivity (Wildman–Crippen MR) is 98.3 cm³/mol. The molecule has 1 N–H and O–H groups in total. The van der Waals surface area contributed by atoms with Crippen LogP contribution in [0.1, 0.15) is 11.1 Å². The van der Waals surface area contributed by atoms with Gasteiger partial charge in [0.2, 0.25) is 5.91 Å². The van der Waals surface area contributed by atoms with E-state index in [-0.39, 0.29) is 24.6 Å². The SMILES string of the molecule is C#CCOc1ccc([N+](=O)[O-])cc1/C=N\NC(=O)Cc1ccc(Cl)cc1. The number of hydrogen-bond acceptors (Lipinski definition) is 5. The average Bonchev–Trinajstić information content (AvgIpc) is 2.62. The highest BCUT2D eigenvalue weighted by molar-refractivity contribution is 6.30. The smallest absolute Gasteiger partial charge is 0.270 e. The Labute approximate surface area is 154 Å². The summed E-state index contributed by atoms with van der Waals surface area (Å²) in [5.74, 6) is 2.28. The molecule has 0 unspecified atom stereocenters. The van der Waals surface area contributed by atoms with Crippen LogP contribution in [0.5, 0.6) is 5.75 Å². The number of hydrazone groups is 1. The lowest BCUT2D eigenvalue weighted by atomic mass is 10.1. The van der Waals surface area contributed by atoms with Crippen LogP contribution in [0.25, 0.3) is 0 Å². The van der Waals surface area contributed by atoms with E-state index >= 15 is 0 Å². The van der Waals surface area contributed by atoms with Gasteiger partial charge in [-0.2, -0.15) is 5.10 Å². The maximum atomic E-state index is 11.9. The third kappa shape index (κ3) is 5.61. The number of nitrogens with zero attached hydrogens (tertiary/aromatic N) is 2. The normalized spacial score (nSPS) is 10.3. The van der Waals surface area contributed by atoms with Gasteiger partial charge in [0.25, 0.3) is 5.69 Å². The van der Waals surface area contributed by atoms with Crippen LogP contribution in [-0.4, -0.2) is 23.7 Å². The first kappa shape index (κ1) is 19.0. The second kappa shape index (κ2) is 9.20. The number of rotatable bonds is 7. The molecule has 132 valence electrons. The second-order valence-corrected chi connectivity index (χ2v) is 5.50. The maximum Gasteiger partial charge on any atom is 0.270 e. The molecule has 0 saturated carbocycles. The largest absolute Gasteiger partial charge is 0.480 e. The molecule has 8 heteroatoms. The molecule has 7 nitrogen and oxygen atoms in total. The molecular formula is C18H14ClN3O4. The van der Waals surface area contributed by atoms with Crippen molar-refractivity contribution in [2.45, 2.75) is 6.42 Å². The van der Waals surface area contributed by atoms with Gasteiger partial charge in [0.1, 0.15) is 12.4 Å². The molecule has 26 heavy (non-hydrogen) atoms. The lowest BCUT2D eigenvalue weighted by Gasteiger charge is -2.06. The summed E-state index contributed by atoms with van der Waals surface area (Å²) in [6, 6.07) is 10.8. The van der Waals surface area contributed by atoms with Crippen molar-refractivity contribution in [3.05, 3.63) is 68.7 Å². The van der Waals surface area contributed by atoms with Crippen molar-refractivity contribution in [2.24, 2.45) is 5.10 Å². The zero-order valence-corrected chi connectivity index (χ0v) is 14.3. The third-order valence-corrected chi connectivity index (χ3v) is 3.44. The first-order valence-electron chi connectivity index (χ1n) is 7.40. The number of ether oxygens (including phenoxy) is 1. The molecule has 0 heterocycles. The van der Waals surface area contributed by atoms with Crippen molar-refractivity contribution < 1.29 is 14.5 Å². The van der Waals surface area contributed by atoms with E-state index < -0.39 is 4.92 Å². The monoisotopic (exact) mass is 371 g/mol. The van der Waals surface area contributed by atoms with Gasteiger partial charge in [-0.25, -0.2) is 5.43 Å². The molecule has 0 saturated heterocycles. The Balaban J connectivity index is 2.06. The summed E-state index contributed by atoms with van der Waals surface area (Å²) in [6.45, 7) is 0.00156. The minimum absolute atomic E-state index is 0.00156. The Morgan fingerprint density at radius 1 is 1.35 bits per heavy atom. The molecule has 0 bridgehead atoms. The van der Waals surface area contributed by atoms with Gasteiger partial charge >= 0.3 is 0 Å². The van der Waals surface area contributed by atoms with E-state index in [1.165, 1.54) is 24.4 Å². The minimum Gasteiger partial charge on any atom is -0.480 e. The van der Waals surface area contributed by atoms with Gasteiger partial charge < -0.3 is 4.74 Å². The minimum atomic E-state index is -0.540. The van der Waals surface area contributed by atoms with Crippen molar-refractivity contribution in [2.75, 3.05) is 6.61 Å². The van der Waals surface area contributed by atoms with Gasteiger partial charge in [0, 0.05) is 22.7 Å². The Bertz CT molecular complexity index is 873. The number of hydrogen-bond donors (Lipinski definition) is 1. The number of carbonyl (C=O) groups excluding carboxylic acids is 1. The van der Waals surface area contributed by atoms with E-state index in [1.807, 2.05) is 0 Å². The molecule has 0 aliphatic carbocycles. The molecule has 0 aliphatic heterocycles. The summed E-state index contributed by atoms with van der Waals surface area (Å²) in [6.07, 6.45) is 6.52. The van der Waals surface area contributed by atoms with Crippen LogP contribution < -0.4 is 10.2 Å². The van der Waals surface area contributed by atoms with Gasteiger partial charge in [-0.05, 0) is 23.8 Å². The van der Waals surface area contributed by atoms with E-state index in [2.05, 4.69) is 16.4 Å². The van der Waals surface area contributed by atoms with Crippen molar-refractivity contribution in [1.82, 2.24) is 5.43 Å². The van der Waals surface area contributed by atoms with Crippen LogP contribution in [0, 0.1) is 22.5 Å². The summed E-state index contributed by atoms with van der Waals surface area (Å²) in [7, 11) is 0. The number of non-ortho nitro benzene ring substituents is 1. The summed E-state index contributed by atoms with van der Waals surface area (Å²) >= 11 is 5.79.